The summed E-state index contributed by atoms with van der Waals surface area (Å²) in [6.45, 7) is 1.38. The highest BCUT2D eigenvalue weighted by Crippen LogP contribution is 2.36. The molecule has 1 aliphatic rings. The van der Waals surface area contributed by atoms with E-state index in [9.17, 15) is 14.7 Å². The van der Waals surface area contributed by atoms with E-state index in [-0.39, 0.29) is 17.6 Å². The molecule has 0 aliphatic carbocycles. The second kappa shape index (κ2) is 3.84. The first-order valence-corrected chi connectivity index (χ1v) is 5.00. The van der Waals surface area contributed by atoms with Gasteiger partial charge in [0.15, 0.2) is 0 Å². The third-order valence-corrected chi connectivity index (χ3v) is 2.47. The van der Waals surface area contributed by atoms with E-state index in [0.29, 0.717) is 29.8 Å². The first kappa shape index (κ1) is 10.5. The van der Waals surface area contributed by atoms with Gasteiger partial charge in [0, 0.05) is 24.6 Å². The molecule has 0 unspecified atom stereocenters. The van der Waals surface area contributed by atoms with Gasteiger partial charge >= 0.3 is 0 Å². The lowest BCUT2D eigenvalue weighted by molar-refractivity contribution is -0.116. The van der Waals surface area contributed by atoms with Crippen LogP contribution in [0, 0.1) is 0 Å². The van der Waals surface area contributed by atoms with Crippen LogP contribution in [0.3, 0.4) is 0 Å². The predicted octanol–water partition coefficient (Wildman–Crippen LogP) is 1.24. The van der Waals surface area contributed by atoms with E-state index in [1.807, 2.05) is 0 Å². The van der Waals surface area contributed by atoms with E-state index in [4.69, 9.17) is 0 Å². The van der Waals surface area contributed by atoms with Gasteiger partial charge in [-0.2, -0.15) is 0 Å². The van der Waals surface area contributed by atoms with Crippen molar-refractivity contribution in [3.63, 3.8) is 0 Å². The number of anilines is 2. The minimum atomic E-state index is -0.241. The van der Waals surface area contributed by atoms with Crippen LogP contribution in [-0.2, 0) is 16.0 Å². The molecule has 1 heterocycles. The Morgan fingerprint density at radius 1 is 1.44 bits per heavy atom. The van der Waals surface area contributed by atoms with Gasteiger partial charge in [0.05, 0.1) is 5.69 Å². The highest BCUT2D eigenvalue weighted by molar-refractivity contribution is 5.97. The molecule has 1 aromatic rings. The van der Waals surface area contributed by atoms with Crippen LogP contribution >= 0.6 is 0 Å². The maximum atomic E-state index is 11.1. The lowest BCUT2D eigenvalue weighted by Crippen LogP contribution is -2.19. The van der Waals surface area contributed by atoms with Gasteiger partial charge in [-0.3, -0.25) is 9.59 Å². The zero-order valence-corrected chi connectivity index (χ0v) is 8.83. The molecule has 0 radical (unpaired) electrons. The summed E-state index contributed by atoms with van der Waals surface area (Å²) >= 11 is 0. The molecule has 84 valence electrons. The van der Waals surface area contributed by atoms with Crippen LogP contribution in [0.5, 0.6) is 5.75 Å². The Balaban J connectivity index is 2.39. The minimum Gasteiger partial charge on any atom is -0.505 e. The number of phenols is 1. The van der Waals surface area contributed by atoms with Crippen LogP contribution in [0.2, 0.25) is 0 Å². The predicted molar refractivity (Wildman–Crippen MR) is 59.4 cm³/mol. The number of aromatic hydroxyl groups is 1. The summed E-state index contributed by atoms with van der Waals surface area (Å²) in [5.41, 5.74) is 1.66. The van der Waals surface area contributed by atoms with E-state index in [1.54, 1.807) is 12.1 Å². The SMILES string of the molecule is CC(=O)Nc1ccc2c(c1O)CCC(=O)N2. The van der Waals surface area contributed by atoms with Crippen LogP contribution in [-0.4, -0.2) is 16.9 Å². The maximum absolute atomic E-state index is 11.1. The first-order valence-electron chi connectivity index (χ1n) is 5.00. The third-order valence-electron chi connectivity index (χ3n) is 2.47. The van der Waals surface area contributed by atoms with Crippen molar-refractivity contribution < 1.29 is 14.7 Å². The summed E-state index contributed by atoms with van der Waals surface area (Å²) in [6, 6.07) is 3.25. The average molecular weight is 220 g/mol. The number of carbonyl (C=O) groups excluding carboxylic acids is 2. The molecule has 1 aromatic carbocycles. The summed E-state index contributed by atoms with van der Waals surface area (Å²) in [5, 5.41) is 15.1. The lowest BCUT2D eigenvalue weighted by atomic mass is 10.0. The molecule has 16 heavy (non-hydrogen) atoms. The van der Waals surface area contributed by atoms with Crippen molar-refractivity contribution in [2.24, 2.45) is 0 Å². The van der Waals surface area contributed by atoms with Gasteiger partial charge in [-0.1, -0.05) is 0 Å². The van der Waals surface area contributed by atoms with Gasteiger partial charge in [0.2, 0.25) is 11.8 Å². The molecule has 0 fully saturated rings. The number of hydrogen-bond acceptors (Lipinski definition) is 3. The van der Waals surface area contributed by atoms with Crippen molar-refractivity contribution in [1.82, 2.24) is 0 Å². The number of fused-ring (bicyclic) bond motifs is 1. The largest absolute Gasteiger partial charge is 0.505 e. The van der Waals surface area contributed by atoms with Gasteiger partial charge in [0.1, 0.15) is 5.75 Å². The van der Waals surface area contributed by atoms with Gasteiger partial charge in [0.25, 0.3) is 0 Å². The van der Waals surface area contributed by atoms with Crippen molar-refractivity contribution in [2.45, 2.75) is 19.8 Å². The van der Waals surface area contributed by atoms with E-state index in [2.05, 4.69) is 10.6 Å². The summed E-state index contributed by atoms with van der Waals surface area (Å²) in [5.74, 6) is -0.262. The second-order valence-electron chi connectivity index (χ2n) is 3.72. The van der Waals surface area contributed by atoms with Crippen molar-refractivity contribution in [3.05, 3.63) is 17.7 Å². The fraction of sp³-hybridized carbons (Fsp3) is 0.273. The molecule has 0 saturated carbocycles. The standard InChI is InChI=1S/C11H12N2O3/c1-6(14)12-9-4-3-8-7(11(9)16)2-5-10(15)13-8/h3-4,16H,2,5H2,1H3,(H,12,14)(H,13,15). The number of hydrogen-bond donors (Lipinski definition) is 3. The summed E-state index contributed by atoms with van der Waals surface area (Å²) < 4.78 is 0. The maximum Gasteiger partial charge on any atom is 0.224 e. The topological polar surface area (TPSA) is 78.4 Å². The van der Waals surface area contributed by atoms with Gasteiger partial charge < -0.3 is 15.7 Å². The van der Waals surface area contributed by atoms with Crippen LogP contribution in [0.25, 0.3) is 0 Å². The molecule has 3 N–H and O–H groups in total. The van der Waals surface area contributed by atoms with Crippen molar-refractivity contribution >= 4 is 23.2 Å². The van der Waals surface area contributed by atoms with Crippen LogP contribution < -0.4 is 10.6 Å². The number of benzene rings is 1. The van der Waals surface area contributed by atoms with Crippen LogP contribution in [0.4, 0.5) is 11.4 Å². The molecule has 1 aliphatic heterocycles. The summed E-state index contributed by atoms with van der Waals surface area (Å²) in [7, 11) is 0. The Kier molecular flexibility index (Phi) is 2.52. The molecule has 2 amide bonds. The molecular weight excluding hydrogens is 208 g/mol. The number of carbonyl (C=O) groups is 2. The molecule has 0 atom stereocenters. The van der Waals surface area contributed by atoms with Crippen LogP contribution in [0.15, 0.2) is 12.1 Å². The number of amides is 2. The fourth-order valence-corrected chi connectivity index (χ4v) is 1.75. The third kappa shape index (κ3) is 1.84. The van der Waals surface area contributed by atoms with Crippen molar-refractivity contribution in [1.29, 1.82) is 0 Å². The van der Waals surface area contributed by atoms with E-state index >= 15 is 0 Å². The summed E-state index contributed by atoms with van der Waals surface area (Å²) in [4.78, 5) is 22.0. The zero-order chi connectivity index (χ0) is 11.7. The molecular formula is C11H12N2O3. The number of nitrogens with one attached hydrogen (secondary N) is 2. The van der Waals surface area contributed by atoms with E-state index in [1.165, 1.54) is 6.92 Å². The Morgan fingerprint density at radius 3 is 2.88 bits per heavy atom. The van der Waals surface area contributed by atoms with E-state index in [0.717, 1.165) is 0 Å². The summed E-state index contributed by atoms with van der Waals surface area (Å²) in [6.07, 6.45) is 0.838. The first-order chi connectivity index (χ1) is 7.58. The van der Waals surface area contributed by atoms with Crippen molar-refractivity contribution in [2.75, 3.05) is 10.6 Å². The Bertz CT molecular complexity index is 469. The Morgan fingerprint density at radius 2 is 2.19 bits per heavy atom. The smallest absolute Gasteiger partial charge is 0.224 e. The number of phenolic OH excluding ortho intramolecular Hbond substituents is 1. The average Bonchev–Trinajstić information content (AvgIpc) is 2.22. The quantitative estimate of drug-likeness (QED) is 0.623. The molecule has 0 spiro atoms. The van der Waals surface area contributed by atoms with Gasteiger partial charge in [-0.15, -0.1) is 0 Å². The molecule has 0 saturated heterocycles. The fourth-order valence-electron chi connectivity index (χ4n) is 1.75. The number of rotatable bonds is 1. The normalized spacial score (nSPS) is 13.9. The molecule has 5 nitrogen and oxygen atoms in total. The highest BCUT2D eigenvalue weighted by atomic mass is 16.3. The van der Waals surface area contributed by atoms with Gasteiger partial charge in [-0.25, -0.2) is 0 Å². The molecule has 0 bridgehead atoms. The molecule has 0 aromatic heterocycles. The molecule has 5 heteroatoms. The Labute approximate surface area is 92.5 Å². The van der Waals surface area contributed by atoms with Crippen molar-refractivity contribution in [3.8, 4) is 5.75 Å². The zero-order valence-electron chi connectivity index (χ0n) is 8.83. The molecule has 2 rings (SSSR count). The Hall–Kier alpha value is -2.04. The van der Waals surface area contributed by atoms with Gasteiger partial charge in [-0.05, 0) is 18.6 Å². The van der Waals surface area contributed by atoms with E-state index < -0.39 is 0 Å². The van der Waals surface area contributed by atoms with Crippen LogP contribution in [0.1, 0.15) is 18.9 Å². The monoisotopic (exact) mass is 220 g/mol. The second-order valence-corrected chi connectivity index (χ2v) is 3.72. The minimum absolute atomic E-state index is 0.0349. The lowest BCUT2D eigenvalue weighted by Gasteiger charge is -2.19. The highest BCUT2D eigenvalue weighted by Gasteiger charge is 2.19.